The maximum absolute atomic E-state index is 11.6. The average Bonchev–Trinajstić information content (AvgIpc) is 2.68. The third kappa shape index (κ3) is 2.06. The van der Waals surface area contributed by atoms with Gasteiger partial charge in [0.2, 0.25) is 11.6 Å². The SMILES string of the molecule is CC.CC1=C(S)C2=C(NC(C)S2)C(=O)C1=O. The standard InChI is InChI=1S/C9H9NO2S2.C2H6/c1-3-6(11)7(12)5-9(8(3)13)14-4(2)10-5;1-2/h4,10,13H,1-2H3;1-2H3. The summed E-state index contributed by atoms with van der Waals surface area (Å²) in [5.74, 6) is -0.886. The molecular weight excluding hydrogens is 242 g/mol. The summed E-state index contributed by atoms with van der Waals surface area (Å²) in [5.41, 5.74) is 0.864. The Hall–Kier alpha value is -0.680. The Morgan fingerprint density at radius 1 is 1.25 bits per heavy atom. The highest BCUT2D eigenvalue weighted by Gasteiger charge is 2.36. The number of Topliss-reactive ketones (excluding diaryl/α,β-unsaturated/α-hetero) is 2. The van der Waals surface area contributed by atoms with E-state index in [0.717, 1.165) is 4.91 Å². The summed E-state index contributed by atoms with van der Waals surface area (Å²) in [6.07, 6.45) is 0. The monoisotopic (exact) mass is 257 g/mol. The van der Waals surface area contributed by atoms with Gasteiger partial charge in [-0.3, -0.25) is 9.59 Å². The summed E-state index contributed by atoms with van der Waals surface area (Å²) in [6.45, 7) is 7.58. The Morgan fingerprint density at radius 2 is 1.81 bits per heavy atom. The van der Waals surface area contributed by atoms with Gasteiger partial charge in [-0.2, -0.15) is 0 Å². The molecule has 0 aromatic heterocycles. The lowest BCUT2D eigenvalue weighted by Crippen LogP contribution is -2.29. The Bertz CT molecular complexity index is 402. The van der Waals surface area contributed by atoms with Crippen molar-refractivity contribution in [1.82, 2.24) is 5.32 Å². The number of nitrogens with one attached hydrogen (secondary N) is 1. The number of carbonyl (C=O) groups is 2. The van der Waals surface area contributed by atoms with Crippen LogP contribution in [0.3, 0.4) is 0 Å². The molecule has 5 heteroatoms. The Morgan fingerprint density at radius 3 is 2.38 bits per heavy atom. The van der Waals surface area contributed by atoms with Gasteiger partial charge in [-0.1, -0.05) is 25.6 Å². The number of thioether (sulfide) groups is 1. The zero-order chi connectivity index (χ0) is 12.5. The van der Waals surface area contributed by atoms with Gasteiger partial charge in [-0.15, -0.1) is 12.6 Å². The normalized spacial score (nSPS) is 23.9. The van der Waals surface area contributed by atoms with Crippen LogP contribution in [0.5, 0.6) is 0 Å². The molecule has 88 valence electrons. The molecule has 0 amide bonds. The highest BCUT2D eigenvalue weighted by molar-refractivity contribution is 8.05. The molecule has 0 fully saturated rings. The van der Waals surface area contributed by atoms with E-state index in [1.165, 1.54) is 11.8 Å². The summed E-state index contributed by atoms with van der Waals surface area (Å²) < 4.78 is 0. The predicted octanol–water partition coefficient (Wildman–Crippen LogP) is 2.26. The van der Waals surface area contributed by atoms with Crippen LogP contribution in [0.1, 0.15) is 27.7 Å². The van der Waals surface area contributed by atoms with Gasteiger partial charge in [0, 0.05) is 10.5 Å². The van der Waals surface area contributed by atoms with Gasteiger partial charge in [0.05, 0.1) is 10.3 Å². The second kappa shape index (κ2) is 5.10. The third-order valence-electron chi connectivity index (χ3n) is 2.21. The molecule has 0 aromatic carbocycles. The molecule has 0 spiro atoms. The molecule has 0 bridgehead atoms. The average molecular weight is 257 g/mol. The molecule has 1 heterocycles. The van der Waals surface area contributed by atoms with Crippen molar-refractivity contribution in [2.24, 2.45) is 0 Å². The van der Waals surface area contributed by atoms with Crippen molar-refractivity contribution in [3.63, 3.8) is 0 Å². The van der Waals surface area contributed by atoms with E-state index in [4.69, 9.17) is 0 Å². The molecule has 1 unspecified atom stereocenters. The van der Waals surface area contributed by atoms with Gasteiger partial charge in [0.1, 0.15) is 5.70 Å². The predicted molar refractivity (Wildman–Crippen MR) is 70.3 cm³/mol. The van der Waals surface area contributed by atoms with Gasteiger partial charge < -0.3 is 5.32 Å². The molecule has 2 rings (SSSR count). The van der Waals surface area contributed by atoms with E-state index in [-0.39, 0.29) is 5.37 Å². The fourth-order valence-electron chi connectivity index (χ4n) is 1.44. The minimum atomic E-state index is -0.448. The van der Waals surface area contributed by atoms with Crippen LogP contribution in [0.2, 0.25) is 0 Å². The number of thiol groups is 1. The summed E-state index contributed by atoms with van der Waals surface area (Å²) >= 11 is 5.79. The maximum atomic E-state index is 11.6. The third-order valence-corrected chi connectivity index (χ3v) is 4.04. The first-order valence-electron chi connectivity index (χ1n) is 5.19. The zero-order valence-corrected chi connectivity index (χ0v) is 11.5. The molecular formula is C11H15NO2S2. The van der Waals surface area contributed by atoms with Crippen molar-refractivity contribution in [2.75, 3.05) is 0 Å². The number of ketones is 2. The molecule has 1 aliphatic heterocycles. The van der Waals surface area contributed by atoms with Crippen LogP contribution >= 0.6 is 24.4 Å². The molecule has 0 aromatic rings. The first kappa shape index (κ1) is 13.4. The van der Waals surface area contributed by atoms with E-state index in [1.807, 2.05) is 20.8 Å². The van der Waals surface area contributed by atoms with Crippen molar-refractivity contribution in [1.29, 1.82) is 0 Å². The van der Waals surface area contributed by atoms with Crippen molar-refractivity contribution >= 4 is 36.0 Å². The van der Waals surface area contributed by atoms with E-state index in [9.17, 15) is 9.59 Å². The molecule has 0 saturated heterocycles. The maximum Gasteiger partial charge on any atom is 0.250 e. The number of rotatable bonds is 0. The second-order valence-electron chi connectivity index (χ2n) is 3.24. The van der Waals surface area contributed by atoms with Gasteiger partial charge in [0.25, 0.3) is 0 Å². The minimum Gasteiger partial charge on any atom is -0.369 e. The van der Waals surface area contributed by atoms with Gasteiger partial charge in [-0.05, 0) is 13.8 Å². The molecule has 1 N–H and O–H groups in total. The van der Waals surface area contributed by atoms with Crippen LogP contribution in [0.15, 0.2) is 21.1 Å². The number of hydrogen-bond donors (Lipinski definition) is 2. The van der Waals surface area contributed by atoms with E-state index >= 15 is 0 Å². The van der Waals surface area contributed by atoms with E-state index < -0.39 is 11.6 Å². The first-order chi connectivity index (χ1) is 7.52. The Balaban J connectivity index is 0.000000606. The van der Waals surface area contributed by atoms with Crippen LogP contribution < -0.4 is 5.32 Å². The molecule has 0 radical (unpaired) electrons. The fourth-order valence-corrected chi connectivity index (χ4v) is 2.87. The molecule has 1 aliphatic carbocycles. The van der Waals surface area contributed by atoms with Crippen LogP contribution in [0.4, 0.5) is 0 Å². The Kier molecular flexibility index (Phi) is 4.27. The van der Waals surface area contributed by atoms with Crippen LogP contribution in [0.25, 0.3) is 0 Å². The van der Waals surface area contributed by atoms with Crippen LogP contribution in [-0.4, -0.2) is 16.9 Å². The van der Waals surface area contributed by atoms with E-state index in [1.54, 1.807) is 6.92 Å². The zero-order valence-electron chi connectivity index (χ0n) is 9.75. The van der Waals surface area contributed by atoms with Crippen molar-refractivity contribution < 1.29 is 9.59 Å². The van der Waals surface area contributed by atoms with Crippen molar-refractivity contribution in [3.8, 4) is 0 Å². The lowest BCUT2D eigenvalue weighted by molar-refractivity contribution is -0.132. The summed E-state index contributed by atoms with van der Waals surface area (Å²) in [6, 6.07) is 0. The quantitative estimate of drug-likeness (QED) is 0.397. The molecule has 2 aliphatic rings. The fraction of sp³-hybridized carbons (Fsp3) is 0.455. The summed E-state index contributed by atoms with van der Waals surface area (Å²) in [4.78, 5) is 24.4. The van der Waals surface area contributed by atoms with Crippen molar-refractivity contribution in [3.05, 3.63) is 21.1 Å². The minimum absolute atomic E-state index is 0.129. The number of hydrogen-bond acceptors (Lipinski definition) is 5. The van der Waals surface area contributed by atoms with Gasteiger partial charge >= 0.3 is 0 Å². The lowest BCUT2D eigenvalue weighted by atomic mass is 10.0. The van der Waals surface area contributed by atoms with E-state index in [0.29, 0.717) is 16.2 Å². The first-order valence-corrected chi connectivity index (χ1v) is 6.51. The molecule has 16 heavy (non-hydrogen) atoms. The molecule has 3 nitrogen and oxygen atoms in total. The Labute approximate surface area is 105 Å². The second-order valence-corrected chi connectivity index (χ2v) is 5.04. The van der Waals surface area contributed by atoms with E-state index in [2.05, 4.69) is 17.9 Å². The summed E-state index contributed by atoms with van der Waals surface area (Å²) in [5, 5.41) is 3.11. The largest absolute Gasteiger partial charge is 0.369 e. The highest BCUT2D eigenvalue weighted by Crippen LogP contribution is 2.41. The van der Waals surface area contributed by atoms with Gasteiger partial charge in [0.15, 0.2) is 0 Å². The van der Waals surface area contributed by atoms with Gasteiger partial charge in [-0.25, -0.2) is 0 Å². The van der Waals surface area contributed by atoms with Crippen LogP contribution in [0, 0.1) is 0 Å². The number of carbonyl (C=O) groups excluding carboxylic acids is 2. The number of allylic oxidation sites excluding steroid dienone is 2. The topological polar surface area (TPSA) is 46.2 Å². The molecule has 0 saturated carbocycles. The lowest BCUT2D eigenvalue weighted by Gasteiger charge is -2.13. The van der Waals surface area contributed by atoms with Crippen LogP contribution in [-0.2, 0) is 9.59 Å². The highest BCUT2D eigenvalue weighted by atomic mass is 32.2. The summed E-state index contributed by atoms with van der Waals surface area (Å²) in [7, 11) is 0. The molecule has 1 atom stereocenters. The smallest absolute Gasteiger partial charge is 0.250 e. The van der Waals surface area contributed by atoms with Crippen molar-refractivity contribution in [2.45, 2.75) is 33.1 Å².